The van der Waals surface area contributed by atoms with Gasteiger partial charge < -0.3 is 14.7 Å². The second kappa shape index (κ2) is 6.20. The summed E-state index contributed by atoms with van der Waals surface area (Å²) in [5, 5.41) is 10.9. The molecule has 2 heterocycles. The van der Waals surface area contributed by atoms with Crippen molar-refractivity contribution in [2.75, 3.05) is 27.3 Å². The second-order valence-electron chi connectivity index (χ2n) is 6.30. The molecule has 1 aliphatic rings. The average molecular weight is 278 g/mol. The minimum Gasteiger partial charge on any atom is -0.385 e. The van der Waals surface area contributed by atoms with Crippen molar-refractivity contribution in [2.45, 2.75) is 44.8 Å². The summed E-state index contributed by atoms with van der Waals surface area (Å²) in [4.78, 5) is 6.68. The van der Waals surface area contributed by atoms with E-state index in [2.05, 4.69) is 29.8 Å². The highest BCUT2D eigenvalue weighted by molar-refractivity contribution is 5.33. The van der Waals surface area contributed by atoms with E-state index in [0.717, 1.165) is 17.8 Å². The van der Waals surface area contributed by atoms with Crippen LogP contribution >= 0.6 is 0 Å². The molecular weight excluding hydrogens is 252 g/mol. The number of aromatic nitrogens is 1. The first-order valence-corrected chi connectivity index (χ1v) is 7.36. The molecule has 0 amide bonds. The number of rotatable bonds is 4. The molecule has 1 aliphatic heterocycles. The van der Waals surface area contributed by atoms with E-state index in [0.29, 0.717) is 32.0 Å². The highest BCUT2D eigenvalue weighted by Gasteiger charge is 2.34. The van der Waals surface area contributed by atoms with Gasteiger partial charge in [0.05, 0.1) is 5.60 Å². The maximum Gasteiger partial charge on any atom is 0.0958 e. The van der Waals surface area contributed by atoms with E-state index in [1.807, 2.05) is 20.3 Å². The van der Waals surface area contributed by atoms with Crippen LogP contribution in [0.15, 0.2) is 12.3 Å². The van der Waals surface area contributed by atoms with Crippen molar-refractivity contribution in [3.05, 3.63) is 29.1 Å². The molecule has 4 nitrogen and oxygen atoms in total. The van der Waals surface area contributed by atoms with Crippen molar-refractivity contribution >= 4 is 0 Å². The van der Waals surface area contributed by atoms with Gasteiger partial charge in [-0.05, 0) is 31.6 Å². The molecule has 0 saturated carbocycles. The fourth-order valence-electron chi connectivity index (χ4n) is 2.70. The van der Waals surface area contributed by atoms with Crippen molar-refractivity contribution in [1.29, 1.82) is 0 Å². The number of pyridine rings is 1. The van der Waals surface area contributed by atoms with Gasteiger partial charge in [-0.25, -0.2) is 0 Å². The predicted octanol–water partition coefficient (Wildman–Crippen LogP) is 2.26. The zero-order valence-corrected chi connectivity index (χ0v) is 13.0. The quantitative estimate of drug-likeness (QED) is 0.917. The maximum absolute atomic E-state index is 10.9. The summed E-state index contributed by atoms with van der Waals surface area (Å²) in [5.74, 6) is 0.397. The van der Waals surface area contributed by atoms with Crippen LogP contribution in [-0.4, -0.2) is 42.3 Å². The third-order valence-corrected chi connectivity index (χ3v) is 3.91. The van der Waals surface area contributed by atoms with Crippen LogP contribution in [0.5, 0.6) is 0 Å². The fourth-order valence-corrected chi connectivity index (χ4v) is 2.70. The minimum absolute atomic E-state index is 0.397. The highest BCUT2D eigenvalue weighted by atomic mass is 16.5. The summed E-state index contributed by atoms with van der Waals surface area (Å²) in [5.41, 5.74) is 2.45. The Balaban J connectivity index is 2.39. The summed E-state index contributed by atoms with van der Waals surface area (Å²) < 4.78 is 5.38. The minimum atomic E-state index is -0.786. The van der Waals surface area contributed by atoms with Gasteiger partial charge >= 0.3 is 0 Å². The molecule has 112 valence electrons. The van der Waals surface area contributed by atoms with E-state index < -0.39 is 5.60 Å². The Labute approximate surface area is 121 Å². The van der Waals surface area contributed by atoms with Crippen molar-refractivity contribution in [3.63, 3.8) is 0 Å². The number of hydrogen-bond acceptors (Lipinski definition) is 4. The summed E-state index contributed by atoms with van der Waals surface area (Å²) in [7, 11) is 4.10. The lowest BCUT2D eigenvalue weighted by Gasteiger charge is -2.34. The van der Waals surface area contributed by atoms with Crippen LogP contribution < -0.4 is 0 Å². The van der Waals surface area contributed by atoms with E-state index in [-0.39, 0.29) is 0 Å². The van der Waals surface area contributed by atoms with E-state index >= 15 is 0 Å². The molecule has 0 atom stereocenters. The SMILES string of the molecule is CC(C)c1cc(CN(C)C)c(C2(O)CCOCC2)cn1. The Bertz CT molecular complexity index is 452. The van der Waals surface area contributed by atoms with Gasteiger partial charge in [-0.3, -0.25) is 4.98 Å². The molecular formula is C16H26N2O2. The Morgan fingerprint density at radius 2 is 2.00 bits per heavy atom. The summed E-state index contributed by atoms with van der Waals surface area (Å²) >= 11 is 0. The highest BCUT2D eigenvalue weighted by Crippen LogP contribution is 2.34. The molecule has 0 unspecified atom stereocenters. The van der Waals surface area contributed by atoms with Crippen LogP contribution in [-0.2, 0) is 16.9 Å². The monoisotopic (exact) mass is 278 g/mol. The zero-order chi connectivity index (χ0) is 14.8. The van der Waals surface area contributed by atoms with Crippen LogP contribution in [0.2, 0.25) is 0 Å². The average Bonchev–Trinajstić information content (AvgIpc) is 2.38. The van der Waals surface area contributed by atoms with Crippen LogP contribution in [0, 0.1) is 0 Å². The van der Waals surface area contributed by atoms with Gasteiger partial charge in [0.2, 0.25) is 0 Å². The van der Waals surface area contributed by atoms with Crippen molar-refractivity contribution in [3.8, 4) is 0 Å². The molecule has 0 bridgehead atoms. The van der Waals surface area contributed by atoms with Crippen LogP contribution in [0.3, 0.4) is 0 Å². The number of aliphatic hydroxyl groups is 1. The zero-order valence-electron chi connectivity index (χ0n) is 13.0. The Kier molecular flexibility index (Phi) is 4.78. The molecule has 0 aromatic carbocycles. The lowest BCUT2D eigenvalue weighted by Crippen LogP contribution is -2.35. The topological polar surface area (TPSA) is 45.6 Å². The molecule has 0 radical (unpaired) electrons. The summed E-state index contributed by atoms with van der Waals surface area (Å²) in [6.45, 7) is 6.34. The molecule has 4 heteroatoms. The summed E-state index contributed by atoms with van der Waals surface area (Å²) in [6, 6.07) is 2.15. The van der Waals surface area contributed by atoms with Gasteiger partial charge in [-0.2, -0.15) is 0 Å². The van der Waals surface area contributed by atoms with Gasteiger partial charge in [0.15, 0.2) is 0 Å². The van der Waals surface area contributed by atoms with Gasteiger partial charge in [-0.1, -0.05) is 13.8 Å². The third kappa shape index (κ3) is 3.37. The normalized spacial score (nSPS) is 18.8. The standard InChI is InChI=1S/C16H26N2O2/c1-12(2)15-9-13(11-18(3)4)14(10-17-15)16(19)5-7-20-8-6-16/h9-10,12,19H,5-8,11H2,1-4H3. The fraction of sp³-hybridized carbons (Fsp3) is 0.688. The number of nitrogens with zero attached hydrogens (tertiary/aromatic N) is 2. The van der Waals surface area contributed by atoms with E-state index in [1.165, 1.54) is 5.56 Å². The first kappa shape index (κ1) is 15.4. The first-order chi connectivity index (χ1) is 9.42. The smallest absolute Gasteiger partial charge is 0.0958 e. The lowest BCUT2D eigenvalue weighted by molar-refractivity contribution is -0.0687. The van der Waals surface area contributed by atoms with Gasteiger partial charge in [0.1, 0.15) is 0 Å². The molecule has 0 aliphatic carbocycles. The van der Waals surface area contributed by atoms with Crippen molar-refractivity contribution in [1.82, 2.24) is 9.88 Å². The van der Waals surface area contributed by atoms with Crippen LogP contribution in [0.25, 0.3) is 0 Å². The van der Waals surface area contributed by atoms with Gasteiger partial charge in [0, 0.05) is 50.1 Å². The van der Waals surface area contributed by atoms with Gasteiger partial charge in [-0.15, -0.1) is 0 Å². The number of hydrogen-bond donors (Lipinski definition) is 1. The lowest BCUT2D eigenvalue weighted by atomic mass is 9.84. The number of ether oxygens (including phenoxy) is 1. The molecule has 20 heavy (non-hydrogen) atoms. The molecule has 1 saturated heterocycles. The van der Waals surface area contributed by atoms with Gasteiger partial charge in [0.25, 0.3) is 0 Å². The molecule has 1 aromatic heterocycles. The summed E-state index contributed by atoms with van der Waals surface area (Å²) in [6.07, 6.45) is 3.17. The molecule has 2 rings (SSSR count). The Morgan fingerprint density at radius 3 is 2.55 bits per heavy atom. The Morgan fingerprint density at radius 1 is 1.35 bits per heavy atom. The molecule has 1 N–H and O–H groups in total. The van der Waals surface area contributed by atoms with E-state index in [4.69, 9.17) is 4.74 Å². The van der Waals surface area contributed by atoms with Crippen LogP contribution in [0.1, 0.15) is 49.4 Å². The predicted molar refractivity (Wildman–Crippen MR) is 79.7 cm³/mol. The third-order valence-electron chi connectivity index (χ3n) is 3.91. The first-order valence-electron chi connectivity index (χ1n) is 7.36. The second-order valence-corrected chi connectivity index (χ2v) is 6.30. The maximum atomic E-state index is 10.9. The van der Waals surface area contributed by atoms with Crippen molar-refractivity contribution in [2.24, 2.45) is 0 Å². The molecule has 1 fully saturated rings. The van der Waals surface area contributed by atoms with Crippen LogP contribution in [0.4, 0.5) is 0 Å². The largest absolute Gasteiger partial charge is 0.385 e. The Hall–Kier alpha value is -0.970. The van der Waals surface area contributed by atoms with Crippen molar-refractivity contribution < 1.29 is 9.84 Å². The van der Waals surface area contributed by atoms with E-state index in [1.54, 1.807) is 0 Å². The molecule has 1 aromatic rings. The van der Waals surface area contributed by atoms with E-state index in [9.17, 15) is 5.11 Å². The molecule has 0 spiro atoms.